The maximum absolute atomic E-state index is 13.0. The second-order valence-electron chi connectivity index (χ2n) is 6.51. The number of amides is 1. The second-order valence-corrected chi connectivity index (χ2v) is 7.76. The van der Waals surface area contributed by atoms with Gasteiger partial charge in [-0.05, 0) is 77.9 Å². The summed E-state index contributed by atoms with van der Waals surface area (Å²) in [5.41, 5.74) is 3.70. The predicted molar refractivity (Wildman–Crippen MR) is 118 cm³/mol. The normalized spacial score (nSPS) is 11.5. The van der Waals surface area contributed by atoms with Crippen molar-refractivity contribution in [2.24, 2.45) is 0 Å². The smallest absolute Gasteiger partial charge is 0.339 e. The van der Waals surface area contributed by atoms with Crippen LogP contribution in [0.4, 0.5) is 5.69 Å². The van der Waals surface area contributed by atoms with Gasteiger partial charge in [-0.1, -0.05) is 42.5 Å². The lowest BCUT2D eigenvalue weighted by molar-refractivity contribution is -0.125. The van der Waals surface area contributed by atoms with E-state index in [9.17, 15) is 9.59 Å². The minimum Gasteiger partial charge on any atom is -0.444 e. The summed E-state index contributed by atoms with van der Waals surface area (Å²) in [5, 5.41) is 2.90. The number of nitrogens with one attached hydrogen (secondary N) is 1. The minimum atomic E-state index is -1.05. The molecule has 3 aromatic carbocycles. The molecule has 0 spiro atoms. The number of carbonyl (C=O) groups excluding carboxylic acids is 2. The molecule has 0 aliphatic carbocycles. The van der Waals surface area contributed by atoms with Crippen molar-refractivity contribution in [1.29, 1.82) is 0 Å². The van der Waals surface area contributed by atoms with Gasteiger partial charge in [-0.25, -0.2) is 4.79 Å². The van der Waals surface area contributed by atoms with E-state index in [1.807, 2.05) is 62.4 Å². The number of halogens is 1. The zero-order chi connectivity index (χ0) is 20.1. The number of anilines is 1. The Labute approximate surface area is 178 Å². The highest BCUT2D eigenvalue weighted by molar-refractivity contribution is 14.1. The Bertz CT molecular complexity index is 984. The largest absolute Gasteiger partial charge is 0.444 e. The molecule has 0 unspecified atom stereocenters. The number of hydrogen-bond acceptors (Lipinski definition) is 3. The first kappa shape index (κ1) is 20.1. The van der Waals surface area contributed by atoms with Crippen LogP contribution in [0.2, 0.25) is 0 Å². The fraction of sp³-hybridized carbons (Fsp3) is 0.130. The molecule has 1 atom stereocenters. The van der Waals surface area contributed by atoms with E-state index in [0.717, 1.165) is 14.7 Å². The van der Waals surface area contributed by atoms with Crippen LogP contribution < -0.4 is 5.32 Å². The van der Waals surface area contributed by atoms with Crippen LogP contribution >= 0.6 is 22.6 Å². The van der Waals surface area contributed by atoms with Gasteiger partial charge in [-0.15, -0.1) is 0 Å². The van der Waals surface area contributed by atoms with Gasteiger partial charge in [0.25, 0.3) is 5.91 Å². The minimum absolute atomic E-state index is 0.390. The number of ether oxygens (including phenoxy) is 1. The van der Waals surface area contributed by atoms with E-state index >= 15 is 0 Å². The van der Waals surface area contributed by atoms with Gasteiger partial charge in [0.1, 0.15) is 0 Å². The Hall–Kier alpha value is -2.67. The molecular weight excluding hydrogens is 465 g/mol. The molecule has 1 amide bonds. The van der Waals surface area contributed by atoms with Gasteiger partial charge >= 0.3 is 5.97 Å². The third kappa shape index (κ3) is 4.98. The highest BCUT2D eigenvalue weighted by atomic mass is 127. The molecule has 5 heteroatoms. The highest BCUT2D eigenvalue weighted by Crippen LogP contribution is 2.24. The summed E-state index contributed by atoms with van der Waals surface area (Å²) in [5.74, 6) is -0.930. The van der Waals surface area contributed by atoms with E-state index in [0.29, 0.717) is 16.8 Å². The van der Waals surface area contributed by atoms with Crippen molar-refractivity contribution >= 4 is 40.2 Å². The lowest BCUT2D eigenvalue weighted by atomic mass is 10.1. The average molecular weight is 485 g/mol. The molecule has 0 saturated carbocycles. The summed E-state index contributed by atoms with van der Waals surface area (Å²) in [7, 11) is 0. The van der Waals surface area contributed by atoms with E-state index in [4.69, 9.17) is 4.74 Å². The van der Waals surface area contributed by atoms with Gasteiger partial charge in [0.05, 0.1) is 5.56 Å². The molecule has 0 fully saturated rings. The maximum atomic E-state index is 13.0. The first-order valence-corrected chi connectivity index (χ1v) is 9.91. The van der Waals surface area contributed by atoms with Crippen LogP contribution in [0.5, 0.6) is 0 Å². The Morgan fingerprint density at radius 3 is 2.29 bits per heavy atom. The van der Waals surface area contributed by atoms with Crippen LogP contribution in [-0.2, 0) is 9.53 Å². The third-order valence-electron chi connectivity index (χ3n) is 4.30. The van der Waals surface area contributed by atoms with Crippen LogP contribution in [0, 0.1) is 17.4 Å². The van der Waals surface area contributed by atoms with Gasteiger partial charge in [0, 0.05) is 14.8 Å². The third-order valence-corrected chi connectivity index (χ3v) is 5.02. The molecule has 0 radical (unpaired) electrons. The standard InChI is InChI=1S/C23H20INO3/c1-15-8-9-16(2)20(14-15)25-22(26)21(17-6-4-3-5-7-17)28-23(27)18-10-12-19(24)13-11-18/h3-14,21H,1-2H3,(H,25,26)/t21-/m0/s1. The van der Waals surface area contributed by atoms with Gasteiger partial charge in [0.15, 0.2) is 0 Å². The first-order valence-electron chi connectivity index (χ1n) is 8.83. The van der Waals surface area contributed by atoms with Crippen LogP contribution in [0.15, 0.2) is 72.8 Å². The molecule has 28 heavy (non-hydrogen) atoms. The molecule has 3 aromatic rings. The van der Waals surface area contributed by atoms with Crippen LogP contribution in [0.25, 0.3) is 0 Å². The van der Waals surface area contributed by atoms with Crippen LogP contribution in [0.1, 0.15) is 33.2 Å². The Balaban J connectivity index is 1.86. The van der Waals surface area contributed by atoms with E-state index in [-0.39, 0.29) is 0 Å². The average Bonchev–Trinajstić information content (AvgIpc) is 2.70. The molecule has 0 bridgehead atoms. The molecule has 142 valence electrons. The molecule has 0 aliphatic heterocycles. The molecule has 0 aliphatic rings. The van der Waals surface area contributed by atoms with E-state index in [1.165, 1.54) is 0 Å². The lowest BCUT2D eigenvalue weighted by Gasteiger charge is -2.19. The lowest BCUT2D eigenvalue weighted by Crippen LogP contribution is -2.26. The molecule has 3 rings (SSSR count). The number of aryl methyl sites for hydroxylation is 2. The molecule has 0 aromatic heterocycles. The quantitative estimate of drug-likeness (QED) is 0.387. The van der Waals surface area contributed by atoms with Gasteiger partial charge in [-0.2, -0.15) is 0 Å². The monoisotopic (exact) mass is 485 g/mol. The number of rotatable bonds is 5. The summed E-state index contributed by atoms with van der Waals surface area (Å²) < 4.78 is 6.63. The number of carbonyl (C=O) groups is 2. The molecule has 1 N–H and O–H groups in total. The summed E-state index contributed by atoms with van der Waals surface area (Å²) in [6.07, 6.45) is -1.05. The van der Waals surface area contributed by atoms with Crippen molar-refractivity contribution in [3.05, 3.63) is 98.6 Å². The van der Waals surface area contributed by atoms with Gasteiger partial charge in [-0.3, -0.25) is 4.79 Å². The SMILES string of the molecule is Cc1ccc(C)c(NC(=O)[C@@H](OC(=O)c2ccc(I)cc2)c2ccccc2)c1. The van der Waals surface area contributed by atoms with E-state index < -0.39 is 18.0 Å². The van der Waals surface area contributed by atoms with Crippen molar-refractivity contribution in [3.8, 4) is 0 Å². The Morgan fingerprint density at radius 2 is 1.61 bits per heavy atom. The number of esters is 1. The van der Waals surface area contributed by atoms with Crippen molar-refractivity contribution < 1.29 is 14.3 Å². The Morgan fingerprint density at radius 1 is 0.929 bits per heavy atom. The highest BCUT2D eigenvalue weighted by Gasteiger charge is 2.26. The summed E-state index contributed by atoms with van der Waals surface area (Å²) in [6, 6.07) is 21.9. The fourth-order valence-electron chi connectivity index (χ4n) is 2.73. The molecule has 0 heterocycles. The van der Waals surface area contributed by atoms with Crippen molar-refractivity contribution in [1.82, 2.24) is 0 Å². The fourth-order valence-corrected chi connectivity index (χ4v) is 3.09. The van der Waals surface area contributed by atoms with Gasteiger partial charge < -0.3 is 10.1 Å². The van der Waals surface area contributed by atoms with Crippen molar-refractivity contribution in [3.63, 3.8) is 0 Å². The van der Waals surface area contributed by atoms with Gasteiger partial charge in [0.2, 0.25) is 6.10 Å². The van der Waals surface area contributed by atoms with E-state index in [1.54, 1.807) is 24.3 Å². The zero-order valence-electron chi connectivity index (χ0n) is 15.6. The molecular formula is C23H20INO3. The van der Waals surface area contributed by atoms with Crippen LogP contribution in [0.3, 0.4) is 0 Å². The second kappa shape index (κ2) is 9.01. The molecule has 4 nitrogen and oxygen atoms in total. The molecule has 0 saturated heterocycles. The summed E-state index contributed by atoms with van der Waals surface area (Å²) >= 11 is 2.17. The predicted octanol–water partition coefficient (Wildman–Crippen LogP) is 5.44. The number of hydrogen-bond donors (Lipinski definition) is 1. The Kier molecular flexibility index (Phi) is 6.46. The van der Waals surface area contributed by atoms with Crippen molar-refractivity contribution in [2.75, 3.05) is 5.32 Å². The van der Waals surface area contributed by atoms with Crippen LogP contribution in [-0.4, -0.2) is 11.9 Å². The summed E-state index contributed by atoms with van der Waals surface area (Å²) in [6.45, 7) is 3.88. The topological polar surface area (TPSA) is 55.4 Å². The number of benzene rings is 3. The first-order chi connectivity index (χ1) is 13.4. The maximum Gasteiger partial charge on any atom is 0.339 e. The van der Waals surface area contributed by atoms with Crippen molar-refractivity contribution in [2.45, 2.75) is 20.0 Å². The summed E-state index contributed by atoms with van der Waals surface area (Å²) in [4.78, 5) is 25.6. The van der Waals surface area contributed by atoms with E-state index in [2.05, 4.69) is 27.9 Å². The zero-order valence-corrected chi connectivity index (χ0v) is 17.8.